The Morgan fingerprint density at radius 3 is 2.94 bits per heavy atom. The van der Waals surface area contributed by atoms with Crippen LogP contribution >= 0.6 is 0 Å². The number of ether oxygens (including phenoxy) is 2. The molecule has 0 aliphatic rings. The zero-order valence-corrected chi connectivity index (χ0v) is 10.7. The molecule has 0 radical (unpaired) electrons. The molecule has 0 atom stereocenters. The summed E-state index contributed by atoms with van der Waals surface area (Å²) in [4.78, 5) is 4.12. The van der Waals surface area contributed by atoms with Crippen molar-refractivity contribution in [2.75, 3.05) is 26.4 Å². The van der Waals surface area contributed by atoms with Gasteiger partial charge in [-0.25, -0.2) is 0 Å². The van der Waals surface area contributed by atoms with E-state index in [-0.39, 0.29) is 0 Å². The van der Waals surface area contributed by atoms with Crippen molar-refractivity contribution in [1.29, 1.82) is 0 Å². The first kappa shape index (κ1) is 13.9. The molecule has 96 valence electrons. The number of nitrogens with zero attached hydrogens (tertiary/aromatic N) is 1. The highest BCUT2D eigenvalue weighted by atomic mass is 16.5. The van der Waals surface area contributed by atoms with Gasteiger partial charge in [0.25, 0.3) is 0 Å². The maximum absolute atomic E-state index is 5.66. The van der Waals surface area contributed by atoms with Crippen LogP contribution in [-0.2, 0) is 11.3 Å². The first-order valence-electron chi connectivity index (χ1n) is 6.22. The van der Waals surface area contributed by atoms with Gasteiger partial charge in [-0.2, -0.15) is 0 Å². The molecule has 1 heterocycles. The summed E-state index contributed by atoms with van der Waals surface area (Å²) in [5.41, 5.74) is 1.09. The summed E-state index contributed by atoms with van der Waals surface area (Å²) in [6.45, 7) is 7.87. The average Bonchev–Trinajstić information content (AvgIpc) is 2.36. The summed E-state index contributed by atoms with van der Waals surface area (Å²) in [5.74, 6) is 0.892. The van der Waals surface area contributed by atoms with Crippen LogP contribution in [0.1, 0.15) is 25.8 Å². The molecule has 0 amide bonds. The molecule has 0 unspecified atom stereocenters. The standard InChI is InChI=1S/C13H22N2O2/c1-3-6-14-10-12-11-15-7-5-13(12)17-9-8-16-4-2/h5,7,11,14H,3-4,6,8-10H2,1-2H3. The lowest BCUT2D eigenvalue weighted by atomic mass is 10.2. The molecule has 4 heteroatoms. The summed E-state index contributed by atoms with van der Waals surface area (Å²) in [6.07, 6.45) is 4.72. The third kappa shape index (κ3) is 5.65. The number of rotatable bonds is 9. The topological polar surface area (TPSA) is 43.4 Å². The SMILES string of the molecule is CCCNCc1cnccc1OCCOCC. The van der Waals surface area contributed by atoms with E-state index in [9.17, 15) is 0 Å². The van der Waals surface area contributed by atoms with Crippen molar-refractivity contribution in [2.45, 2.75) is 26.8 Å². The summed E-state index contributed by atoms with van der Waals surface area (Å²) < 4.78 is 10.9. The number of aromatic nitrogens is 1. The fraction of sp³-hybridized carbons (Fsp3) is 0.615. The van der Waals surface area contributed by atoms with Crippen LogP contribution in [0.25, 0.3) is 0 Å². The Morgan fingerprint density at radius 2 is 2.18 bits per heavy atom. The van der Waals surface area contributed by atoms with Gasteiger partial charge < -0.3 is 14.8 Å². The minimum atomic E-state index is 0.582. The molecule has 1 aromatic heterocycles. The largest absolute Gasteiger partial charge is 0.491 e. The van der Waals surface area contributed by atoms with E-state index >= 15 is 0 Å². The van der Waals surface area contributed by atoms with Crippen LogP contribution in [0, 0.1) is 0 Å². The molecular formula is C13H22N2O2. The van der Waals surface area contributed by atoms with Gasteiger partial charge in [0.1, 0.15) is 12.4 Å². The molecule has 0 aliphatic heterocycles. The molecule has 1 aromatic rings. The van der Waals surface area contributed by atoms with E-state index in [4.69, 9.17) is 9.47 Å². The van der Waals surface area contributed by atoms with Crippen LogP contribution in [0.3, 0.4) is 0 Å². The molecule has 0 saturated carbocycles. The summed E-state index contributed by atoms with van der Waals surface area (Å²) in [7, 11) is 0. The van der Waals surface area contributed by atoms with Crippen LogP contribution in [-0.4, -0.2) is 31.3 Å². The molecule has 0 fully saturated rings. The smallest absolute Gasteiger partial charge is 0.126 e. The average molecular weight is 238 g/mol. The molecule has 17 heavy (non-hydrogen) atoms. The monoisotopic (exact) mass is 238 g/mol. The van der Waals surface area contributed by atoms with Crippen molar-refractivity contribution in [2.24, 2.45) is 0 Å². The fourth-order valence-corrected chi connectivity index (χ4v) is 1.44. The second-order valence-corrected chi connectivity index (χ2v) is 3.71. The van der Waals surface area contributed by atoms with E-state index in [0.29, 0.717) is 13.2 Å². The van der Waals surface area contributed by atoms with Gasteiger partial charge in [0.05, 0.1) is 6.61 Å². The summed E-state index contributed by atoms with van der Waals surface area (Å²) in [5, 5.41) is 3.34. The lowest BCUT2D eigenvalue weighted by Crippen LogP contribution is -2.15. The maximum Gasteiger partial charge on any atom is 0.126 e. The normalized spacial score (nSPS) is 10.5. The maximum atomic E-state index is 5.66. The summed E-state index contributed by atoms with van der Waals surface area (Å²) in [6, 6.07) is 1.90. The Morgan fingerprint density at radius 1 is 1.29 bits per heavy atom. The van der Waals surface area contributed by atoms with Crippen molar-refractivity contribution in [3.8, 4) is 5.75 Å². The number of pyridine rings is 1. The summed E-state index contributed by atoms with van der Waals surface area (Å²) >= 11 is 0. The molecular weight excluding hydrogens is 216 g/mol. The molecule has 0 aromatic carbocycles. The second-order valence-electron chi connectivity index (χ2n) is 3.71. The van der Waals surface area contributed by atoms with Crippen molar-refractivity contribution in [3.05, 3.63) is 24.0 Å². The highest BCUT2D eigenvalue weighted by Gasteiger charge is 2.02. The number of hydrogen-bond donors (Lipinski definition) is 1. The molecule has 4 nitrogen and oxygen atoms in total. The third-order valence-electron chi connectivity index (χ3n) is 2.29. The van der Waals surface area contributed by atoms with E-state index in [1.54, 1.807) is 6.20 Å². The molecule has 0 spiro atoms. The van der Waals surface area contributed by atoms with Crippen LogP contribution in [0.15, 0.2) is 18.5 Å². The lowest BCUT2D eigenvalue weighted by molar-refractivity contribution is 0.109. The van der Waals surface area contributed by atoms with E-state index in [0.717, 1.165) is 37.4 Å². The van der Waals surface area contributed by atoms with Crippen molar-refractivity contribution in [3.63, 3.8) is 0 Å². The Hall–Kier alpha value is -1.13. The van der Waals surface area contributed by atoms with Gasteiger partial charge in [-0.15, -0.1) is 0 Å². The molecule has 1 rings (SSSR count). The minimum Gasteiger partial charge on any atom is -0.491 e. The second kappa shape index (κ2) is 8.96. The van der Waals surface area contributed by atoms with Gasteiger partial charge in [-0.3, -0.25) is 4.98 Å². The van der Waals surface area contributed by atoms with Gasteiger partial charge in [-0.05, 0) is 26.0 Å². The predicted octanol–water partition coefficient (Wildman–Crippen LogP) is 2.00. The molecule has 0 saturated heterocycles. The zero-order valence-electron chi connectivity index (χ0n) is 10.7. The highest BCUT2D eigenvalue weighted by Crippen LogP contribution is 2.16. The van der Waals surface area contributed by atoms with E-state index in [1.165, 1.54) is 0 Å². The van der Waals surface area contributed by atoms with Crippen molar-refractivity contribution >= 4 is 0 Å². The fourth-order valence-electron chi connectivity index (χ4n) is 1.44. The Bertz CT molecular complexity index is 305. The third-order valence-corrected chi connectivity index (χ3v) is 2.29. The van der Waals surface area contributed by atoms with Gasteiger partial charge in [0.15, 0.2) is 0 Å². The van der Waals surface area contributed by atoms with E-state index in [2.05, 4.69) is 17.2 Å². The van der Waals surface area contributed by atoms with Gasteiger partial charge >= 0.3 is 0 Å². The van der Waals surface area contributed by atoms with Crippen molar-refractivity contribution < 1.29 is 9.47 Å². The first-order chi connectivity index (χ1) is 8.38. The van der Waals surface area contributed by atoms with Crippen LogP contribution in [0.4, 0.5) is 0 Å². The van der Waals surface area contributed by atoms with Gasteiger partial charge in [0.2, 0.25) is 0 Å². The van der Waals surface area contributed by atoms with Crippen molar-refractivity contribution in [1.82, 2.24) is 10.3 Å². The quantitative estimate of drug-likeness (QED) is 0.668. The highest BCUT2D eigenvalue weighted by molar-refractivity contribution is 5.29. The Balaban J connectivity index is 2.40. The molecule has 0 bridgehead atoms. The van der Waals surface area contributed by atoms with E-state index < -0.39 is 0 Å². The number of hydrogen-bond acceptors (Lipinski definition) is 4. The van der Waals surface area contributed by atoms with Gasteiger partial charge in [0, 0.05) is 31.1 Å². The Kier molecular flexibility index (Phi) is 7.34. The van der Waals surface area contributed by atoms with Crippen LogP contribution < -0.4 is 10.1 Å². The molecule has 0 aliphatic carbocycles. The lowest BCUT2D eigenvalue weighted by Gasteiger charge is -2.11. The van der Waals surface area contributed by atoms with Gasteiger partial charge in [-0.1, -0.05) is 6.92 Å². The van der Waals surface area contributed by atoms with Crippen LogP contribution in [0.2, 0.25) is 0 Å². The molecule has 1 N–H and O–H groups in total. The number of nitrogens with one attached hydrogen (secondary N) is 1. The van der Waals surface area contributed by atoms with Crippen LogP contribution in [0.5, 0.6) is 5.75 Å². The first-order valence-corrected chi connectivity index (χ1v) is 6.22. The van der Waals surface area contributed by atoms with E-state index in [1.807, 2.05) is 19.2 Å². The predicted molar refractivity (Wildman–Crippen MR) is 68.2 cm³/mol. The Labute approximate surface area is 103 Å². The minimum absolute atomic E-state index is 0.582. The zero-order chi connectivity index (χ0) is 12.3.